The first-order valence-electron chi connectivity index (χ1n) is 6.38. The Labute approximate surface area is 123 Å². The van der Waals surface area contributed by atoms with Crippen LogP contribution in [0.25, 0.3) is 0 Å². The van der Waals surface area contributed by atoms with E-state index in [1.165, 1.54) is 16.4 Å². The summed E-state index contributed by atoms with van der Waals surface area (Å²) in [5, 5.41) is 8.95. The zero-order valence-corrected chi connectivity index (χ0v) is 12.7. The van der Waals surface area contributed by atoms with Crippen LogP contribution in [0, 0.1) is 6.92 Å². The Morgan fingerprint density at radius 3 is 2.40 bits per heavy atom. The second kappa shape index (κ2) is 5.71. The molecule has 1 aliphatic heterocycles. The minimum atomic E-state index is -3.73. The van der Waals surface area contributed by atoms with Gasteiger partial charge in [-0.3, -0.25) is 0 Å². The number of rotatable bonds is 3. The average molecular weight is 318 g/mol. The highest BCUT2D eigenvalue weighted by molar-refractivity contribution is 7.89. The molecule has 1 saturated heterocycles. The number of sulfonamides is 1. The van der Waals surface area contributed by atoms with Gasteiger partial charge in [-0.2, -0.15) is 4.31 Å². The molecule has 1 aromatic rings. The Hall–Kier alpha value is -1.11. The lowest BCUT2D eigenvalue weighted by atomic mass is 10.1. The maximum absolute atomic E-state index is 12.5. The van der Waals surface area contributed by atoms with Crippen molar-refractivity contribution in [2.45, 2.75) is 31.1 Å². The van der Waals surface area contributed by atoms with Crippen LogP contribution < -0.4 is 0 Å². The molecule has 110 valence electrons. The number of hydrogen-bond donors (Lipinski definition) is 1. The Morgan fingerprint density at radius 1 is 1.25 bits per heavy atom. The number of aryl methyl sites for hydroxylation is 1. The lowest BCUT2D eigenvalue weighted by molar-refractivity contribution is 0.0696. The predicted molar refractivity (Wildman–Crippen MR) is 75.8 cm³/mol. The van der Waals surface area contributed by atoms with Gasteiger partial charge in [0.1, 0.15) is 4.90 Å². The quantitative estimate of drug-likeness (QED) is 0.929. The van der Waals surface area contributed by atoms with Gasteiger partial charge in [-0.15, -0.1) is 0 Å². The van der Waals surface area contributed by atoms with Crippen LogP contribution in [0.3, 0.4) is 0 Å². The van der Waals surface area contributed by atoms with Crippen LogP contribution in [0.1, 0.15) is 35.2 Å². The number of carbonyl (C=O) groups is 1. The summed E-state index contributed by atoms with van der Waals surface area (Å²) in [7, 11) is -3.73. The summed E-state index contributed by atoms with van der Waals surface area (Å²) in [6, 6.07) is 2.86. The number of carboxylic acid groups (broad SMARTS) is 1. The molecule has 0 bridgehead atoms. The van der Waals surface area contributed by atoms with Gasteiger partial charge in [0.2, 0.25) is 10.0 Å². The highest BCUT2D eigenvalue weighted by atomic mass is 35.5. The third-order valence-corrected chi connectivity index (χ3v) is 5.91. The van der Waals surface area contributed by atoms with Crippen molar-refractivity contribution in [3.63, 3.8) is 0 Å². The summed E-state index contributed by atoms with van der Waals surface area (Å²) >= 11 is 6.03. The molecule has 0 aromatic heterocycles. The van der Waals surface area contributed by atoms with E-state index in [0.29, 0.717) is 18.7 Å². The van der Waals surface area contributed by atoms with Crippen LogP contribution >= 0.6 is 11.6 Å². The number of carboxylic acids is 1. The summed E-state index contributed by atoms with van der Waals surface area (Å²) in [4.78, 5) is 11.1. The molecule has 5 nitrogen and oxygen atoms in total. The van der Waals surface area contributed by atoms with Gasteiger partial charge >= 0.3 is 5.97 Å². The molecule has 0 atom stereocenters. The summed E-state index contributed by atoms with van der Waals surface area (Å²) in [5.41, 5.74) is 0.296. The minimum absolute atomic E-state index is 0.121. The molecule has 7 heteroatoms. The van der Waals surface area contributed by atoms with Gasteiger partial charge in [-0.1, -0.05) is 24.1 Å². The molecule has 0 unspecified atom stereocenters. The van der Waals surface area contributed by atoms with Crippen LogP contribution in [-0.2, 0) is 10.0 Å². The Morgan fingerprint density at radius 2 is 1.85 bits per heavy atom. The summed E-state index contributed by atoms with van der Waals surface area (Å²) in [6.45, 7) is 2.50. The highest BCUT2D eigenvalue weighted by Crippen LogP contribution is 2.31. The second-order valence-corrected chi connectivity index (χ2v) is 7.12. The standard InChI is InChI=1S/C13H16ClNO4S/c1-9-5-6-10(12(14)11(9)13(16)17)20(18,19)15-7-3-2-4-8-15/h5-6H,2-4,7-8H2,1H3,(H,16,17). The van der Waals surface area contributed by atoms with E-state index in [1.807, 2.05) is 0 Å². The number of nitrogens with zero attached hydrogens (tertiary/aromatic N) is 1. The first-order valence-corrected chi connectivity index (χ1v) is 8.20. The van der Waals surface area contributed by atoms with Gasteiger partial charge in [0, 0.05) is 13.1 Å². The molecule has 2 rings (SSSR count). The Balaban J connectivity index is 2.52. The predicted octanol–water partition coefficient (Wildman–Crippen LogP) is 2.52. The minimum Gasteiger partial charge on any atom is -0.478 e. The maximum atomic E-state index is 12.5. The molecule has 1 fully saturated rings. The molecular weight excluding hydrogens is 302 g/mol. The van der Waals surface area contributed by atoms with E-state index < -0.39 is 16.0 Å². The number of benzene rings is 1. The monoisotopic (exact) mass is 317 g/mol. The van der Waals surface area contributed by atoms with Crippen LogP contribution in [-0.4, -0.2) is 36.9 Å². The molecule has 1 heterocycles. The number of aromatic carboxylic acids is 1. The Kier molecular flexibility index (Phi) is 4.36. The summed E-state index contributed by atoms with van der Waals surface area (Å²) < 4.78 is 26.5. The molecule has 1 aromatic carbocycles. The first-order chi connectivity index (χ1) is 9.35. The molecule has 0 aliphatic carbocycles. The van der Waals surface area contributed by atoms with Gasteiger partial charge in [-0.05, 0) is 31.4 Å². The lowest BCUT2D eigenvalue weighted by Gasteiger charge is -2.26. The van der Waals surface area contributed by atoms with Gasteiger partial charge in [0.05, 0.1) is 10.6 Å². The van der Waals surface area contributed by atoms with Crippen LogP contribution in [0.4, 0.5) is 0 Å². The molecule has 0 spiro atoms. The van der Waals surface area contributed by atoms with Crippen LogP contribution in [0.15, 0.2) is 17.0 Å². The first kappa shape index (κ1) is 15.3. The van der Waals surface area contributed by atoms with Gasteiger partial charge < -0.3 is 5.11 Å². The molecule has 20 heavy (non-hydrogen) atoms. The van der Waals surface area contributed by atoms with Crippen molar-refractivity contribution in [3.8, 4) is 0 Å². The van der Waals surface area contributed by atoms with Crippen LogP contribution in [0.2, 0.25) is 5.02 Å². The fraction of sp³-hybridized carbons (Fsp3) is 0.462. The molecular formula is C13H16ClNO4S. The number of halogens is 1. The normalized spacial score (nSPS) is 17.1. The van der Waals surface area contributed by atoms with E-state index in [2.05, 4.69) is 0 Å². The summed E-state index contributed by atoms with van der Waals surface area (Å²) in [5.74, 6) is -1.22. The van der Waals surface area contributed by atoms with Crippen molar-refractivity contribution in [1.29, 1.82) is 0 Å². The van der Waals surface area contributed by atoms with E-state index in [9.17, 15) is 13.2 Å². The number of hydrogen-bond acceptors (Lipinski definition) is 3. The van der Waals surface area contributed by atoms with Crippen molar-refractivity contribution in [2.24, 2.45) is 0 Å². The van der Waals surface area contributed by atoms with Crippen molar-refractivity contribution in [3.05, 3.63) is 28.3 Å². The van der Waals surface area contributed by atoms with E-state index in [0.717, 1.165) is 19.3 Å². The molecule has 0 amide bonds. The summed E-state index contributed by atoms with van der Waals surface area (Å²) in [6.07, 6.45) is 2.64. The largest absolute Gasteiger partial charge is 0.478 e. The van der Waals surface area contributed by atoms with Crippen molar-refractivity contribution >= 4 is 27.6 Å². The average Bonchev–Trinajstić information content (AvgIpc) is 2.39. The molecule has 0 radical (unpaired) electrons. The Bertz CT molecular complexity index is 636. The third kappa shape index (κ3) is 2.68. The fourth-order valence-electron chi connectivity index (χ4n) is 2.36. The SMILES string of the molecule is Cc1ccc(S(=O)(=O)N2CCCCC2)c(Cl)c1C(=O)O. The topological polar surface area (TPSA) is 74.7 Å². The van der Waals surface area contributed by atoms with E-state index in [1.54, 1.807) is 6.92 Å². The molecule has 1 N–H and O–H groups in total. The van der Waals surface area contributed by atoms with Gasteiger partial charge in [0.15, 0.2) is 0 Å². The van der Waals surface area contributed by atoms with Crippen LogP contribution in [0.5, 0.6) is 0 Å². The van der Waals surface area contributed by atoms with E-state index in [-0.39, 0.29) is 15.5 Å². The molecule has 0 saturated carbocycles. The number of piperidine rings is 1. The van der Waals surface area contributed by atoms with Gasteiger partial charge in [-0.25, -0.2) is 13.2 Å². The molecule has 1 aliphatic rings. The highest BCUT2D eigenvalue weighted by Gasteiger charge is 2.30. The zero-order valence-electron chi connectivity index (χ0n) is 11.1. The fourth-order valence-corrected chi connectivity index (χ4v) is 4.53. The van der Waals surface area contributed by atoms with E-state index >= 15 is 0 Å². The third-order valence-electron chi connectivity index (χ3n) is 3.46. The van der Waals surface area contributed by atoms with Gasteiger partial charge in [0.25, 0.3) is 0 Å². The zero-order chi connectivity index (χ0) is 14.9. The maximum Gasteiger partial charge on any atom is 0.337 e. The smallest absolute Gasteiger partial charge is 0.337 e. The van der Waals surface area contributed by atoms with Crippen molar-refractivity contribution < 1.29 is 18.3 Å². The van der Waals surface area contributed by atoms with Crippen molar-refractivity contribution in [1.82, 2.24) is 4.31 Å². The van der Waals surface area contributed by atoms with E-state index in [4.69, 9.17) is 16.7 Å². The second-order valence-electron chi connectivity index (χ2n) is 4.84. The lowest BCUT2D eigenvalue weighted by Crippen LogP contribution is -2.35. The van der Waals surface area contributed by atoms with Crippen molar-refractivity contribution in [2.75, 3.05) is 13.1 Å².